The highest BCUT2D eigenvalue weighted by atomic mass is 19.3. The number of benzene rings is 2. The Kier molecular flexibility index (Phi) is 6.40. The molecule has 2 aromatic rings. The highest BCUT2D eigenvalue weighted by Gasteiger charge is 2.37. The number of aliphatic hydroxyl groups is 1. The van der Waals surface area contributed by atoms with E-state index in [1.54, 1.807) is 4.90 Å². The molecule has 1 N–H and O–H groups in total. The number of carbonyl (C=O) groups is 3. The number of urea groups is 1. The quantitative estimate of drug-likeness (QED) is 0.599. The average molecular weight is 472 g/mol. The predicted molar refractivity (Wildman–Crippen MR) is 121 cm³/mol. The molecule has 2 heterocycles. The van der Waals surface area contributed by atoms with Gasteiger partial charge in [0.1, 0.15) is 6.54 Å². The number of halogens is 2. The summed E-state index contributed by atoms with van der Waals surface area (Å²) in [6.45, 7) is 3.83. The molecule has 0 aliphatic carbocycles. The maximum Gasteiger partial charge on any atom is 0.327 e. The van der Waals surface area contributed by atoms with Crippen molar-refractivity contribution in [2.24, 2.45) is 5.41 Å². The molecule has 2 aromatic carbocycles. The minimum Gasteiger partial charge on any atom is -0.396 e. The van der Waals surface area contributed by atoms with Gasteiger partial charge in [0, 0.05) is 37.2 Å². The van der Waals surface area contributed by atoms with Crippen molar-refractivity contribution in [1.29, 1.82) is 0 Å². The Labute approximate surface area is 196 Å². The minimum atomic E-state index is -2.76. The van der Waals surface area contributed by atoms with Crippen LogP contribution in [0.2, 0.25) is 0 Å². The third-order valence-corrected chi connectivity index (χ3v) is 6.14. The van der Waals surface area contributed by atoms with Crippen LogP contribution in [-0.4, -0.2) is 70.3 Å². The molecule has 0 radical (unpaired) electrons. The van der Waals surface area contributed by atoms with E-state index < -0.39 is 24.9 Å². The number of carbonyl (C=O) groups excluding carboxylic acids is 3. The molecule has 4 rings (SSSR count). The molecule has 2 aliphatic heterocycles. The Bertz CT molecular complexity index is 1120. The smallest absolute Gasteiger partial charge is 0.327 e. The van der Waals surface area contributed by atoms with Gasteiger partial charge in [0.05, 0.1) is 6.54 Å². The number of hydrogen-bond acceptors (Lipinski definition) is 4. The van der Waals surface area contributed by atoms with Crippen LogP contribution in [0.15, 0.2) is 42.5 Å². The van der Waals surface area contributed by atoms with Crippen LogP contribution in [-0.2, 0) is 17.9 Å². The molecule has 9 heteroatoms. The van der Waals surface area contributed by atoms with E-state index in [2.05, 4.69) is 0 Å². The van der Waals surface area contributed by atoms with Crippen LogP contribution in [0.25, 0.3) is 11.1 Å². The molecule has 0 aromatic heterocycles. The summed E-state index contributed by atoms with van der Waals surface area (Å²) in [4.78, 5) is 40.5. The van der Waals surface area contributed by atoms with Crippen LogP contribution >= 0.6 is 0 Å². The van der Waals surface area contributed by atoms with Gasteiger partial charge in [-0.25, -0.2) is 13.6 Å². The van der Waals surface area contributed by atoms with E-state index in [1.165, 1.54) is 4.90 Å². The van der Waals surface area contributed by atoms with Crippen molar-refractivity contribution < 1.29 is 28.3 Å². The van der Waals surface area contributed by atoms with Crippen LogP contribution in [0.4, 0.5) is 13.6 Å². The van der Waals surface area contributed by atoms with Crippen LogP contribution in [0.5, 0.6) is 0 Å². The van der Waals surface area contributed by atoms with E-state index in [9.17, 15) is 28.3 Å². The van der Waals surface area contributed by atoms with Crippen molar-refractivity contribution in [3.63, 3.8) is 0 Å². The molecule has 0 bridgehead atoms. The molecule has 1 fully saturated rings. The van der Waals surface area contributed by atoms with E-state index in [1.807, 2.05) is 56.3 Å². The molecule has 0 unspecified atom stereocenters. The number of fused-ring (bicyclic) bond motifs is 1. The number of amides is 4. The van der Waals surface area contributed by atoms with Gasteiger partial charge in [-0.05, 0) is 34.4 Å². The van der Waals surface area contributed by atoms with E-state index in [0.29, 0.717) is 23.6 Å². The molecule has 34 heavy (non-hydrogen) atoms. The van der Waals surface area contributed by atoms with E-state index in [-0.39, 0.29) is 31.0 Å². The third-order valence-electron chi connectivity index (χ3n) is 6.14. The molecular weight excluding hydrogens is 444 g/mol. The van der Waals surface area contributed by atoms with Gasteiger partial charge >= 0.3 is 6.03 Å². The zero-order valence-corrected chi connectivity index (χ0v) is 19.1. The first-order chi connectivity index (χ1) is 16.1. The summed E-state index contributed by atoms with van der Waals surface area (Å²) in [7, 11) is 0. The van der Waals surface area contributed by atoms with Crippen LogP contribution in [0, 0.1) is 5.41 Å². The number of rotatable bonds is 8. The van der Waals surface area contributed by atoms with Crippen molar-refractivity contribution in [2.45, 2.75) is 33.4 Å². The molecule has 7 nitrogen and oxygen atoms in total. The van der Waals surface area contributed by atoms with Crippen LogP contribution in [0.3, 0.4) is 0 Å². The summed E-state index contributed by atoms with van der Waals surface area (Å²) < 4.78 is 25.2. The lowest BCUT2D eigenvalue weighted by atomic mass is 9.94. The number of imide groups is 1. The zero-order chi connectivity index (χ0) is 24.6. The molecule has 0 atom stereocenters. The Morgan fingerprint density at radius 1 is 0.971 bits per heavy atom. The maximum atomic E-state index is 12.7. The highest BCUT2D eigenvalue weighted by Crippen LogP contribution is 2.31. The SMILES string of the molecule is CC(C)(CO)CN1Cc2cc(-c3ccc(CN4CC(=O)N(CC(F)F)C4=O)cc3)ccc2C1=O. The number of alkyl halides is 2. The van der Waals surface area contributed by atoms with Gasteiger partial charge in [-0.1, -0.05) is 44.2 Å². The summed E-state index contributed by atoms with van der Waals surface area (Å²) in [6, 6.07) is 12.4. The van der Waals surface area contributed by atoms with E-state index in [0.717, 1.165) is 22.3 Å². The van der Waals surface area contributed by atoms with Crippen LogP contribution < -0.4 is 0 Å². The molecule has 0 spiro atoms. The van der Waals surface area contributed by atoms with E-state index >= 15 is 0 Å². The molecule has 1 saturated heterocycles. The Balaban J connectivity index is 1.44. The fourth-order valence-electron chi connectivity index (χ4n) is 4.31. The monoisotopic (exact) mass is 471 g/mol. The molecule has 180 valence electrons. The Morgan fingerprint density at radius 2 is 1.65 bits per heavy atom. The summed E-state index contributed by atoms with van der Waals surface area (Å²) >= 11 is 0. The van der Waals surface area contributed by atoms with Gasteiger partial charge in [-0.15, -0.1) is 0 Å². The molecule has 2 aliphatic rings. The van der Waals surface area contributed by atoms with Crippen molar-refractivity contribution in [2.75, 3.05) is 26.2 Å². The first-order valence-electron chi connectivity index (χ1n) is 11.1. The first kappa shape index (κ1) is 23.8. The number of aliphatic hydroxyl groups excluding tert-OH is 1. The molecule has 4 amide bonds. The van der Waals surface area contributed by atoms with Crippen LogP contribution in [0.1, 0.15) is 35.3 Å². The van der Waals surface area contributed by atoms with Gasteiger partial charge in [-0.3, -0.25) is 14.5 Å². The lowest BCUT2D eigenvalue weighted by molar-refractivity contribution is -0.126. The largest absolute Gasteiger partial charge is 0.396 e. The summed E-state index contributed by atoms with van der Waals surface area (Å²) in [5.41, 5.74) is 3.86. The maximum absolute atomic E-state index is 12.7. The number of nitrogens with zero attached hydrogens (tertiary/aromatic N) is 3. The van der Waals surface area contributed by atoms with Crippen molar-refractivity contribution in [3.05, 3.63) is 59.2 Å². The fraction of sp³-hybridized carbons (Fsp3) is 0.400. The van der Waals surface area contributed by atoms with E-state index in [4.69, 9.17) is 0 Å². The summed E-state index contributed by atoms with van der Waals surface area (Å²) in [6.07, 6.45) is -2.76. The standard InChI is InChI=1S/C25H27F2N3O4/c1-25(2,15-31)14-29-11-19-9-18(7-8-20(19)23(29)33)17-5-3-16(4-6-17)10-28-13-22(32)30(24(28)34)12-21(26)27/h3-9,21,31H,10-15H2,1-2H3. The Morgan fingerprint density at radius 3 is 2.29 bits per heavy atom. The zero-order valence-electron chi connectivity index (χ0n) is 19.1. The van der Waals surface area contributed by atoms with Crippen molar-refractivity contribution >= 4 is 17.8 Å². The first-order valence-corrected chi connectivity index (χ1v) is 11.1. The molecular formula is C25H27F2N3O4. The highest BCUT2D eigenvalue weighted by molar-refractivity contribution is 6.02. The predicted octanol–water partition coefficient (Wildman–Crippen LogP) is 3.36. The second-order valence-corrected chi connectivity index (χ2v) is 9.59. The normalized spacial score (nSPS) is 16.3. The van der Waals surface area contributed by atoms with Gasteiger partial charge in [-0.2, -0.15) is 0 Å². The van der Waals surface area contributed by atoms with Crippen molar-refractivity contribution in [1.82, 2.24) is 14.7 Å². The minimum absolute atomic E-state index is 0.00778. The third kappa shape index (κ3) is 4.79. The number of hydrogen-bond donors (Lipinski definition) is 1. The summed E-state index contributed by atoms with van der Waals surface area (Å²) in [5.74, 6) is -0.657. The van der Waals surface area contributed by atoms with Gasteiger partial charge in [0.15, 0.2) is 0 Å². The van der Waals surface area contributed by atoms with Gasteiger partial charge < -0.3 is 14.9 Å². The average Bonchev–Trinajstić information content (AvgIpc) is 3.23. The second-order valence-electron chi connectivity index (χ2n) is 9.59. The lowest BCUT2D eigenvalue weighted by Gasteiger charge is -2.28. The Hall–Kier alpha value is -3.33. The fourth-order valence-corrected chi connectivity index (χ4v) is 4.31. The van der Waals surface area contributed by atoms with Crippen molar-refractivity contribution in [3.8, 4) is 11.1 Å². The molecule has 0 saturated carbocycles. The lowest BCUT2D eigenvalue weighted by Crippen LogP contribution is -2.36. The topological polar surface area (TPSA) is 81.2 Å². The van der Waals surface area contributed by atoms with Gasteiger partial charge in [0.2, 0.25) is 0 Å². The van der Waals surface area contributed by atoms with Gasteiger partial charge in [0.25, 0.3) is 18.2 Å². The summed E-state index contributed by atoms with van der Waals surface area (Å²) in [5, 5.41) is 9.53. The second kappa shape index (κ2) is 9.13.